The topological polar surface area (TPSA) is 54.0 Å². The fourth-order valence-electron chi connectivity index (χ4n) is 1.99. The van der Waals surface area contributed by atoms with Gasteiger partial charge in [-0.15, -0.1) is 13.2 Å². The number of halogens is 6. The summed E-state index contributed by atoms with van der Waals surface area (Å²) in [6.07, 6.45) is -5.36. The lowest BCUT2D eigenvalue weighted by Gasteiger charge is -2.17. The molecule has 2 rings (SSSR count). The van der Waals surface area contributed by atoms with Gasteiger partial charge in [-0.2, -0.15) is 4.39 Å². The Labute approximate surface area is 168 Å². The molecule has 0 saturated heterocycles. The minimum absolute atomic E-state index is 0.386. The second kappa shape index (κ2) is 8.09. The average Bonchev–Trinajstić information content (AvgIpc) is 2.63. The van der Waals surface area contributed by atoms with E-state index < -0.39 is 77.0 Å². The van der Waals surface area contributed by atoms with Crippen molar-refractivity contribution in [2.24, 2.45) is 0 Å². The first kappa shape index (κ1) is 14.3. The Balaban J connectivity index is 2.74. The monoisotopic (exact) mass is 432 g/mol. The lowest BCUT2D eigenvalue weighted by molar-refractivity contribution is -0.275. The molecule has 0 aliphatic heterocycles. The second-order valence-electron chi connectivity index (χ2n) is 4.87. The Bertz CT molecular complexity index is 1100. The minimum atomic E-state index is -5.36. The van der Waals surface area contributed by atoms with Crippen LogP contribution in [-0.2, 0) is 4.74 Å². The Morgan fingerprint density at radius 2 is 1.82 bits per heavy atom. The maximum Gasteiger partial charge on any atom is 0.573 e. The Kier molecular flexibility index (Phi) is 4.13. The molecule has 0 aromatic heterocycles. The highest BCUT2D eigenvalue weighted by atomic mass is 35.5. The molecule has 0 N–H and O–H groups in total. The summed E-state index contributed by atoms with van der Waals surface area (Å²) >= 11 is 5.81. The van der Waals surface area contributed by atoms with Gasteiger partial charge in [-0.3, -0.25) is 0 Å². The number of alkyl halides is 3. The van der Waals surface area contributed by atoms with E-state index in [0.29, 0.717) is 18.2 Å². The lowest BCUT2D eigenvalue weighted by Crippen LogP contribution is -2.18. The summed E-state index contributed by atoms with van der Waals surface area (Å²) in [4.78, 5) is 12.1. The van der Waals surface area contributed by atoms with Gasteiger partial charge in [0.1, 0.15) is 17.1 Å². The van der Waals surface area contributed by atoms with E-state index in [1.807, 2.05) is 0 Å². The fraction of sp³-hybridized carbons (Fsp3) is 0.235. The van der Waals surface area contributed by atoms with Crippen LogP contribution in [0.5, 0.6) is 23.0 Å². The molecule has 5 nitrogen and oxygen atoms in total. The van der Waals surface area contributed by atoms with E-state index in [1.165, 1.54) is 0 Å². The number of hydrogen-bond donors (Lipinski definition) is 0. The van der Waals surface area contributed by atoms with Crippen molar-refractivity contribution in [2.75, 3.05) is 14.1 Å². The van der Waals surface area contributed by atoms with Crippen LogP contribution in [0.1, 0.15) is 24.1 Å². The van der Waals surface area contributed by atoms with E-state index in [4.69, 9.17) is 24.6 Å². The summed E-state index contributed by atoms with van der Waals surface area (Å²) in [6, 6.07) is 1.59. The van der Waals surface area contributed by atoms with Crippen LogP contribution in [-0.4, -0.2) is 26.5 Å². The molecule has 0 saturated carbocycles. The summed E-state index contributed by atoms with van der Waals surface area (Å²) in [5, 5.41) is -0.768. The van der Waals surface area contributed by atoms with Gasteiger partial charge < -0.3 is 18.9 Å². The van der Waals surface area contributed by atoms with Gasteiger partial charge in [0, 0.05) is 15.7 Å². The van der Waals surface area contributed by atoms with Crippen molar-refractivity contribution in [3.8, 4) is 23.0 Å². The van der Waals surface area contributed by atoms with Crippen LogP contribution in [0.2, 0.25) is 5.02 Å². The van der Waals surface area contributed by atoms with Gasteiger partial charge in [0.2, 0.25) is 11.6 Å². The molecule has 0 spiro atoms. The van der Waals surface area contributed by atoms with Gasteiger partial charge in [-0.05, 0) is 19.0 Å². The number of methoxy groups -OCH3 is 2. The van der Waals surface area contributed by atoms with Crippen LogP contribution in [0.3, 0.4) is 0 Å². The predicted octanol–water partition coefficient (Wildman–Crippen LogP) is 5.41. The van der Waals surface area contributed by atoms with Crippen molar-refractivity contribution in [3.05, 3.63) is 46.0 Å². The highest BCUT2D eigenvalue weighted by Gasteiger charge is 2.34. The number of carbonyl (C=O) groups is 1. The zero-order chi connectivity index (χ0) is 26.2. The molecule has 2 aromatic carbocycles. The highest BCUT2D eigenvalue weighted by molar-refractivity contribution is 6.31. The Morgan fingerprint density at radius 3 is 2.39 bits per heavy atom. The fourth-order valence-corrected chi connectivity index (χ4v) is 2.17. The van der Waals surface area contributed by atoms with Crippen molar-refractivity contribution in [3.63, 3.8) is 0 Å². The first-order valence-electron chi connectivity index (χ1n) is 9.91. The largest absolute Gasteiger partial charge is 0.573 e. The Hall–Kier alpha value is -2.75. The molecule has 0 aliphatic rings. The molecule has 0 aliphatic carbocycles. The first-order chi connectivity index (χ1) is 15.4. The third-order valence-corrected chi connectivity index (χ3v) is 3.44. The van der Waals surface area contributed by atoms with E-state index in [-0.39, 0.29) is 0 Å². The molecule has 28 heavy (non-hydrogen) atoms. The normalized spacial score (nSPS) is 15.2. The molecular weight excluding hydrogens is 415 g/mol. The lowest BCUT2D eigenvalue weighted by atomic mass is 10.1. The third kappa shape index (κ3) is 4.38. The van der Waals surface area contributed by atoms with Crippen LogP contribution < -0.4 is 14.2 Å². The molecule has 0 unspecified atom stereocenters. The number of rotatable bonds is 5. The number of carbonyl (C=O) groups excluding carboxylic acids is 1. The molecule has 152 valence electrons. The highest BCUT2D eigenvalue weighted by Crippen LogP contribution is 2.42. The van der Waals surface area contributed by atoms with Gasteiger partial charge in [0.15, 0.2) is 11.5 Å². The average molecular weight is 433 g/mol. The zero-order valence-electron chi connectivity index (χ0n) is 19.5. The van der Waals surface area contributed by atoms with Gasteiger partial charge in [-0.25, -0.2) is 9.18 Å². The van der Waals surface area contributed by atoms with E-state index >= 15 is 0 Å². The molecule has 11 heteroatoms. The molecular formula is C17H12ClF5O5. The molecule has 0 radical (unpaired) electrons. The van der Waals surface area contributed by atoms with Crippen molar-refractivity contribution >= 4 is 17.6 Å². The summed E-state index contributed by atoms with van der Waals surface area (Å²) in [5.74, 6) is -9.87. The van der Waals surface area contributed by atoms with E-state index in [1.54, 1.807) is 0 Å². The van der Waals surface area contributed by atoms with Crippen molar-refractivity contribution in [1.29, 1.82) is 0 Å². The summed E-state index contributed by atoms with van der Waals surface area (Å²) in [7, 11) is -2.60. The Morgan fingerprint density at radius 1 is 1.14 bits per heavy atom. The maximum atomic E-state index is 15.0. The first-order valence-corrected chi connectivity index (χ1v) is 7.29. The summed E-state index contributed by atoms with van der Waals surface area (Å²) < 4.78 is 128. The van der Waals surface area contributed by atoms with Gasteiger partial charge >= 0.3 is 12.3 Å². The van der Waals surface area contributed by atoms with Gasteiger partial charge in [-0.1, -0.05) is 11.6 Å². The number of esters is 1. The van der Waals surface area contributed by atoms with Crippen LogP contribution in [0.4, 0.5) is 22.0 Å². The molecule has 2 aromatic rings. The second-order valence-corrected chi connectivity index (χ2v) is 5.28. The smallest absolute Gasteiger partial charge is 0.490 e. The van der Waals surface area contributed by atoms with Crippen LogP contribution in [0.25, 0.3) is 0 Å². The molecule has 0 amide bonds. The maximum absolute atomic E-state index is 15.0. The number of benzene rings is 2. The van der Waals surface area contributed by atoms with Crippen LogP contribution in [0, 0.1) is 18.5 Å². The zero-order valence-corrected chi connectivity index (χ0v) is 14.3. The molecule has 0 heterocycles. The van der Waals surface area contributed by atoms with E-state index in [2.05, 4.69) is 14.2 Å². The van der Waals surface area contributed by atoms with Crippen LogP contribution in [0.15, 0.2) is 18.2 Å². The molecule has 0 atom stereocenters. The van der Waals surface area contributed by atoms with Crippen molar-refractivity contribution in [1.82, 2.24) is 0 Å². The van der Waals surface area contributed by atoms with E-state index in [9.17, 15) is 26.7 Å². The standard InChI is InChI=1S/C17H12ClF5O5/c1-7-8(18)6-11(12(13(7)19)16(24)26-3)27-10-5-4-9(28-17(21,22)23)14(20)15(10)25-2/h4-6H,1-3H3/i1D3,2D3. The van der Waals surface area contributed by atoms with Gasteiger partial charge in [0.05, 0.1) is 23.3 Å². The summed E-state index contributed by atoms with van der Waals surface area (Å²) in [5.41, 5.74) is -2.21. The minimum Gasteiger partial charge on any atom is -0.490 e. The third-order valence-electron chi connectivity index (χ3n) is 3.14. The SMILES string of the molecule is [2H]C([2H])([2H])Oc1c(Oc2cc(Cl)c(C([2H])([2H])[2H])c(F)c2C(=O)OC)ccc(OC(F)(F)F)c1F. The quantitative estimate of drug-likeness (QED) is 0.467. The number of hydrogen-bond acceptors (Lipinski definition) is 5. The molecule has 0 bridgehead atoms. The number of ether oxygens (including phenoxy) is 4. The van der Waals surface area contributed by atoms with Crippen LogP contribution >= 0.6 is 11.6 Å². The van der Waals surface area contributed by atoms with E-state index in [0.717, 1.165) is 7.11 Å². The predicted molar refractivity (Wildman–Crippen MR) is 87.2 cm³/mol. The summed E-state index contributed by atoms with van der Waals surface area (Å²) in [6.45, 7) is -3.14. The molecule has 0 fully saturated rings. The van der Waals surface area contributed by atoms with Crippen molar-refractivity contribution in [2.45, 2.75) is 13.2 Å². The van der Waals surface area contributed by atoms with Gasteiger partial charge in [0.25, 0.3) is 0 Å². The van der Waals surface area contributed by atoms with Crippen molar-refractivity contribution < 1.29 is 53.9 Å².